The predicted molar refractivity (Wildman–Crippen MR) is 71.1 cm³/mol. The average Bonchev–Trinajstić information content (AvgIpc) is 2.31. The summed E-state index contributed by atoms with van der Waals surface area (Å²) in [6, 6.07) is 10.4. The van der Waals surface area contributed by atoms with Crippen LogP contribution in [-0.4, -0.2) is 0 Å². The molecule has 0 amide bonds. The topological polar surface area (TPSA) is 26.0 Å². The molecule has 18 heavy (non-hydrogen) atoms. The molecule has 4 heteroatoms. The van der Waals surface area contributed by atoms with Gasteiger partial charge in [0.05, 0.1) is 0 Å². The third kappa shape index (κ3) is 3.37. The van der Waals surface area contributed by atoms with Crippen molar-refractivity contribution in [3.63, 3.8) is 0 Å². The first kappa shape index (κ1) is 13.2. The minimum atomic E-state index is -0.325. The molecule has 2 aromatic rings. The number of rotatable bonds is 3. The van der Waals surface area contributed by atoms with Crippen LogP contribution in [0.4, 0.5) is 8.78 Å². The smallest absolute Gasteiger partial charge is 0.124 e. The second-order valence-electron chi connectivity index (χ2n) is 4.14. The molecule has 0 fully saturated rings. The highest BCUT2D eigenvalue weighted by Gasteiger charge is 2.09. The SMILES string of the molecule is NC(Cc1ccc(F)cc1)c1cc(F)cc(Br)c1. The molecule has 0 aliphatic heterocycles. The van der Waals surface area contributed by atoms with Crippen molar-refractivity contribution in [3.8, 4) is 0 Å². The minimum Gasteiger partial charge on any atom is -0.324 e. The number of hydrogen-bond acceptors (Lipinski definition) is 1. The fourth-order valence-corrected chi connectivity index (χ4v) is 2.26. The van der Waals surface area contributed by atoms with E-state index in [1.54, 1.807) is 18.2 Å². The average molecular weight is 312 g/mol. The highest BCUT2D eigenvalue weighted by atomic mass is 79.9. The van der Waals surface area contributed by atoms with Crippen molar-refractivity contribution in [3.05, 3.63) is 69.7 Å². The lowest BCUT2D eigenvalue weighted by atomic mass is 10.00. The van der Waals surface area contributed by atoms with E-state index in [0.717, 1.165) is 5.56 Å². The third-order valence-corrected chi connectivity index (χ3v) is 3.14. The number of halogens is 3. The largest absolute Gasteiger partial charge is 0.324 e. The molecule has 0 heterocycles. The molecule has 1 atom stereocenters. The van der Waals surface area contributed by atoms with Crippen LogP contribution < -0.4 is 5.73 Å². The van der Waals surface area contributed by atoms with Crippen molar-refractivity contribution in [1.82, 2.24) is 0 Å². The van der Waals surface area contributed by atoms with E-state index in [9.17, 15) is 8.78 Å². The van der Waals surface area contributed by atoms with Crippen molar-refractivity contribution in [2.75, 3.05) is 0 Å². The molecule has 0 radical (unpaired) electrons. The highest BCUT2D eigenvalue weighted by Crippen LogP contribution is 2.21. The van der Waals surface area contributed by atoms with E-state index in [2.05, 4.69) is 15.9 Å². The van der Waals surface area contributed by atoms with Gasteiger partial charge in [-0.1, -0.05) is 28.1 Å². The summed E-state index contributed by atoms with van der Waals surface area (Å²) in [7, 11) is 0. The fraction of sp³-hybridized carbons (Fsp3) is 0.143. The molecular weight excluding hydrogens is 300 g/mol. The van der Waals surface area contributed by atoms with Crippen LogP contribution in [0.2, 0.25) is 0 Å². The van der Waals surface area contributed by atoms with Crippen molar-refractivity contribution >= 4 is 15.9 Å². The Morgan fingerprint density at radius 2 is 1.67 bits per heavy atom. The standard InChI is InChI=1S/C14H12BrF2N/c15-11-6-10(7-13(17)8-11)14(18)5-9-1-3-12(16)4-2-9/h1-4,6-8,14H,5,18H2. The molecule has 94 valence electrons. The van der Waals surface area contributed by atoms with Gasteiger partial charge in [0.2, 0.25) is 0 Å². The molecule has 0 saturated carbocycles. The normalized spacial score (nSPS) is 12.4. The molecule has 2 aromatic carbocycles. The van der Waals surface area contributed by atoms with Crippen LogP contribution in [0.25, 0.3) is 0 Å². The first-order valence-electron chi connectivity index (χ1n) is 5.50. The Labute approximate surface area is 113 Å². The van der Waals surface area contributed by atoms with Crippen molar-refractivity contribution < 1.29 is 8.78 Å². The van der Waals surface area contributed by atoms with Gasteiger partial charge in [0, 0.05) is 10.5 Å². The molecule has 0 saturated heterocycles. The molecule has 1 nitrogen and oxygen atoms in total. The van der Waals surface area contributed by atoms with E-state index in [0.29, 0.717) is 16.5 Å². The predicted octanol–water partition coefficient (Wildman–Crippen LogP) is 3.97. The van der Waals surface area contributed by atoms with E-state index in [4.69, 9.17) is 5.73 Å². The van der Waals surface area contributed by atoms with Gasteiger partial charge in [-0.05, 0) is 47.9 Å². The minimum absolute atomic E-state index is 0.277. The molecule has 0 bridgehead atoms. The number of hydrogen-bond donors (Lipinski definition) is 1. The van der Waals surface area contributed by atoms with Crippen LogP contribution >= 0.6 is 15.9 Å². The van der Waals surface area contributed by atoms with E-state index in [1.165, 1.54) is 24.3 Å². The van der Waals surface area contributed by atoms with E-state index < -0.39 is 0 Å². The van der Waals surface area contributed by atoms with Gasteiger partial charge < -0.3 is 5.73 Å². The monoisotopic (exact) mass is 311 g/mol. The lowest BCUT2D eigenvalue weighted by Gasteiger charge is -2.13. The second kappa shape index (κ2) is 5.59. The molecular formula is C14H12BrF2N. The van der Waals surface area contributed by atoms with Crippen LogP contribution in [0.3, 0.4) is 0 Å². The Hall–Kier alpha value is -1.26. The van der Waals surface area contributed by atoms with Crippen LogP contribution in [0.1, 0.15) is 17.2 Å². The summed E-state index contributed by atoms with van der Waals surface area (Å²) in [5.74, 6) is -0.602. The van der Waals surface area contributed by atoms with Crippen LogP contribution in [0, 0.1) is 11.6 Å². The molecule has 2 N–H and O–H groups in total. The summed E-state index contributed by atoms with van der Waals surface area (Å²) in [5.41, 5.74) is 7.66. The molecule has 1 unspecified atom stereocenters. The lowest BCUT2D eigenvalue weighted by molar-refractivity contribution is 0.616. The van der Waals surface area contributed by atoms with Gasteiger partial charge in [0.25, 0.3) is 0 Å². The van der Waals surface area contributed by atoms with Gasteiger partial charge in [0.15, 0.2) is 0 Å². The quantitative estimate of drug-likeness (QED) is 0.912. The van der Waals surface area contributed by atoms with Crippen LogP contribution in [0.15, 0.2) is 46.9 Å². The zero-order chi connectivity index (χ0) is 13.1. The second-order valence-corrected chi connectivity index (χ2v) is 5.06. The Morgan fingerprint density at radius 3 is 2.28 bits per heavy atom. The maximum absolute atomic E-state index is 13.2. The molecule has 0 aromatic heterocycles. The van der Waals surface area contributed by atoms with E-state index >= 15 is 0 Å². The summed E-state index contributed by atoms with van der Waals surface area (Å²) < 4.78 is 26.7. The Balaban J connectivity index is 2.16. The number of nitrogens with two attached hydrogens (primary N) is 1. The Morgan fingerprint density at radius 1 is 1.00 bits per heavy atom. The Bertz CT molecular complexity index is 520. The summed E-state index contributed by atoms with van der Waals surface area (Å²) >= 11 is 3.23. The van der Waals surface area contributed by atoms with Crippen molar-refractivity contribution in [1.29, 1.82) is 0 Å². The zero-order valence-corrected chi connectivity index (χ0v) is 11.1. The van der Waals surface area contributed by atoms with Gasteiger partial charge >= 0.3 is 0 Å². The maximum atomic E-state index is 13.2. The molecule has 0 spiro atoms. The molecule has 2 rings (SSSR count). The first-order chi connectivity index (χ1) is 8.54. The summed E-state index contributed by atoms with van der Waals surface area (Å²) in [6.07, 6.45) is 0.538. The van der Waals surface area contributed by atoms with Crippen LogP contribution in [0.5, 0.6) is 0 Å². The van der Waals surface area contributed by atoms with Gasteiger partial charge in [-0.15, -0.1) is 0 Å². The van der Waals surface area contributed by atoms with Gasteiger partial charge in [-0.3, -0.25) is 0 Å². The van der Waals surface area contributed by atoms with Gasteiger partial charge in [-0.2, -0.15) is 0 Å². The van der Waals surface area contributed by atoms with Gasteiger partial charge in [-0.25, -0.2) is 8.78 Å². The van der Waals surface area contributed by atoms with Crippen molar-refractivity contribution in [2.45, 2.75) is 12.5 Å². The van der Waals surface area contributed by atoms with Gasteiger partial charge in [0.1, 0.15) is 11.6 Å². The Kier molecular flexibility index (Phi) is 4.09. The highest BCUT2D eigenvalue weighted by molar-refractivity contribution is 9.10. The van der Waals surface area contributed by atoms with E-state index in [-0.39, 0.29) is 17.7 Å². The van der Waals surface area contributed by atoms with Crippen LogP contribution in [-0.2, 0) is 6.42 Å². The summed E-state index contributed by atoms with van der Waals surface area (Å²) in [4.78, 5) is 0. The summed E-state index contributed by atoms with van der Waals surface area (Å²) in [6.45, 7) is 0. The van der Waals surface area contributed by atoms with Crippen molar-refractivity contribution in [2.24, 2.45) is 5.73 Å². The lowest BCUT2D eigenvalue weighted by Crippen LogP contribution is -2.13. The maximum Gasteiger partial charge on any atom is 0.124 e. The molecule has 0 aliphatic carbocycles. The fourth-order valence-electron chi connectivity index (χ4n) is 1.78. The van der Waals surface area contributed by atoms with E-state index in [1.807, 2.05) is 0 Å². The first-order valence-corrected chi connectivity index (χ1v) is 6.30. The molecule has 0 aliphatic rings. The summed E-state index contributed by atoms with van der Waals surface area (Å²) in [5, 5.41) is 0. The zero-order valence-electron chi connectivity index (χ0n) is 9.54. The number of benzene rings is 2. The third-order valence-electron chi connectivity index (χ3n) is 2.68.